The maximum absolute atomic E-state index is 5.51. The van der Waals surface area contributed by atoms with E-state index in [0.717, 1.165) is 82.8 Å². The molecule has 15 rings (SSSR count). The number of fused-ring (bicyclic) bond motifs is 13. The molecular weight excluding hydrogens is 855 g/mol. The van der Waals surface area contributed by atoms with Crippen LogP contribution < -0.4 is 0 Å². The first kappa shape index (κ1) is 38.5. The standard InChI is InChI=1S/C63H39N7/c1-3-18-40(19-4-1)61-64-62(41-20-17-23-43(38-41)67-53-29-12-7-24-45(53)46-25-8-13-30-54(46)67)66-63(65-61)70-57-33-16-11-28-49(57)50-35-36-51-52-39-44(68-55-31-14-9-26-47(55)48-27-10-15-32-56(48)68)34-37-58(52)69(59(51)60(50)70)42-21-5-2-6-22-42/h1-39H. The molecule has 0 radical (unpaired) electrons. The van der Waals surface area contributed by atoms with Crippen LogP contribution >= 0.6 is 0 Å². The van der Waals surface area contributed by atoms with Crippen molar-refractivity contribution in [1.82, 2.24) is 33.2 Å². The molecule has 0 aliphatic carbocycles. The number of para-hydroxylation sites is 6. The van der Waals surface area contributed by atoms with Crippen LogP contribution in [0.2, 0.25) is 0 Å². The van der Waals surface area contributed by atoms with Crippen molar-refractivity contribution in [3.63, 3.8) is 0 Å². The molecule has 0 unspecified atom stereocenters. The molecule has 7 nitrogen and oxygen atoms in total. The van der Waals surface area contributed by atoms with Crippen LogP contribution in [0.3, 0.4) is 0 Å². The first-order valence-corrected chi connectivity index (χ1v) is 23.7. The van der Waals surface area contributed by atoms with Gasteiger partial charge in [-0.05, 0) is 72.8 Å². The zero-order valence-electron chi connectivity index (χ0n) is 37.6. The smallest absolute Gasteiger partial charge is 0.238 e. The van der Waals surface area contributed by atoms with E-state index in [4.69, 9.17) is 15.0 Å². The van der Waals surface area contributed by atoms with Gasteiger partial charge in [-0.1, -0.05) is 164 Å². The van der Waals surface area contributed by atoms with Crippen molar-refractivity contribution >= 4 is 87.2 Å². The van der Waals surface area contributed by atoms with Crippen molar-refractivity contribution in [2.45, 2.75) is 0 Å². The summed E-state index contributed by atoms with van der Waals surface area (Å²) in [5.41, 5.74) is 13.9. The van der Waals surface area contributed by atoms with Crippen LogP contribution in [-0.2, 0) is 0 Å². The molecule has 0 fully saturated rings. The quantitative estimate of drug-likeness (QED) is 0.167. The van der Waals surface area contributed by atoms with Gasteiger partial charge in [0.1, 0.15) is 0 Å². The average molecular weight is 894 g/mol. The summed E-state index contributed by atoms with van der Waals surface area (Å²) in [6.45, 7) is 0. The number of aromatic nitrogens is 7. The zero-order valence-corrected chi connectivity index (χ0v) is 37.6. The summed E-state index contributed by atoms with van der Waals surface area (Å²) in [6, 6.07) is 84.3. The lowest BCUT2D eigenvalue weighted by atomic mass is 10.1. The number of benzene rings is 10. The van der Waals surface area contributed by atoms with Crippen LogP contribution in [0, 0.1) is 0 Å². The van der Waals surface area contributed by atoms with Gasteiger partial charge in [0.05, 0.1) is 44.1 Å². The largest absolute Gasteiger partial charge is 0.309 e. The van der Waals surface area contributed by atoms with E-state index in [2.05, 4.69) is 237 Å². The Morgan fingerprint density at radius 1 is 0.229 bits per heavy atom. The number of rotatable bonds is 6. The molecule has 0 spiro atoms. The highest BCUT2D eigenvalue weighted by Crippen LogP contribution is 2.43. The molecule has 10 aromatic carbocycles. The predicted octanol–water partition coefficient (Wildman–Crippen LogP) is 15.6. The van der Waals surface area contributed by atoms with Gasteiger partial charge in [-0.3, -0.25) is 4.57 Å². The molecule has 0 atom stereocenters. The van der Waals surface area contributed by atoms with Crippen LogP contribution in [0.15, 0.2) is 237 Å². The molecule has 0 aliphatic heterocycles. The zero-order chi connectivity index (χ0) is 45.9. The second-order valence-corrected chi connectivity index (χ2v) is 18.0. The Hall–Kier alpha value is -9.59. The van der Waals surface area contributed by atoms with Crippen molar-refractivity contribution in [3.05, 3.63) is 237 Å². The van der Waals surface area contributed by atoms with Gasteiger partial charge in [0.25, 0.3) is 0 Å². The van der Waals surface area contributed by atoms with Crippen LogP contribution in [0.5, 0.6) is 0 Å². The molecule has 0 amide bonds. The third kappa shape index (κ3) is 5.60. The lowest BCUT2D eigenvalue weighted by molar-refractivity contribution is 0.953. The second kappa shape index (κ2) is 15.0. The number of hydrogen-bond acceptors (Lipinski definition) is 3. The Morgan fingerprint density at radius 2 is 0.629 bits per heavy atom. The van der Waals surface area contributed by atoms with E-state index in [1.54, 1.807) is 0 Å². The minimum Gasteiger partial charge on any atom is -0.309 e. The molecular formula is C63H39N7. The second-order valence-electron chi connectivity index (χ2n) is 18.0. The number of nitrogens with zero attached hydrogens (tertiary/aromatic N) is 7. The summed E-state index contributed by atoms with van der Waals surface area (Å²) in [5.74, 6) is 1.73. The van der Waals surface area contributed by atoms with E-state index < -0.39 is 0 Å². The van der Waals surface area contributed by atoms with E-state index in [-0.39, 0.29) is 0 Å². The topological polar surface area (TPSA) is 58.4 Å². The van der Waals surface area contributed by atoms with Crippen molar-refractivity contribution < 1.29 is 0 Å². The molecule has 15 aromatic rings. The van der Waals surface area contributed by atoms with Gasteiger partial charge in [0.2, 0.25) is 5.95 Å². The summed E-state index contributed by atoms with van der Waals surface area (Å²) in [6.07, 6.45) is 0. The van der Waals surface area contributed by atoms with Gasteiger partial charge in [-0.15, -0.1) is 0 Å². The molecule has 326 valence electrons. The molecule has 70 heavy (non-hydrogen) atoms. The Labute approximate surface area is 401 Å². The van der Waals surface area contributed by atoms with Crippen LogP contribution in [-0.4, -0.2) is 33.2 Å². The predicted molar refractivity (Wildman–Crippen MR) is 288 cm³/mol. The highest BCUT2D eigenvalue weighted by molar-refractivity contribution is 6.24. The summed E-state index contributed by atoms with van der Waals surface area (Å²) in [5, 5.41) is 9.42. The van der Waals surface area contributed by atoms with Gasteiger partial charge in [0.15, 0.2) is 11.6 Å². The van der Waals surface area contributed by atoms with Crippen molar-refractivity contribution in [1.29, 1.82) is 0 Å². The average Bonchev–Trinajstić information content (AvgIpc) is 4.16. The third-order valence-electron chi connectivity index (χ3n) is 14.2. The normalized spacial score (nSPS) is 12.0. The van der Waals surface area contributed by atoms with E-state index >= 15 is 0 Å². The first-order chi connectivity index (χ1) is 34.7. The van der Waals surface area contributed by atoms with Crippen LogP contribution in [0.25, 0.3) is 133 Å². The first-order valence-electron chi connectivity index (χ1n) is 23.7. The van der Waals surface area contributed by atoms with Gasteiger partial charge in [-0.25, -0.2) is 4.98 Å². The Balaban J connectivity index is 1.02. The van der Waals surface area contributed by atoms with Gasteiger partial charge >= 0.3 is 0 Å². The molecule has 0 aliphatic rings. The fraction of sp³-hybridized carbons (Fsp3) is 0. The maximum atomic E-state index is 5.51. The fourth-order valence-electron chi connectivity index (χ4n) is 11.2. The van der Waals surface area contributed by atoms with E-state index in [1.807, 2.05) is 18.2 Å². The van der Waals surface area contributed by atoms with Gasteiger partial charge in [-0.2, -0.15) is 9.97 Å². The minimum absolute atomic E-state index is 0.542. The molecule has 5 aromatic heterocycles. The highest BCUT2D eigenvalue weighted by atomic mass is 15.2. The fourth-order valence-corrected chi connectivity index (χ4v) is 11.2. The van der Waals surface area contributed by atoms with Gasteiger partial charge in [0, 0.05) is 71.3 Å². The molecule has 0 bridgehead atoms. The SMILES string of the molecule is c1ccc(-c2nc(-c3cccc(-n4c5ccccc5c5ccccc54)c3)nc(-n3c4ccccc4c4ccc5c6cc(-n7c8ccccc8c8ccccc87)ccc6n(-c6ccccc6)c5c43)n2)cc1. The third-order valence-corrected chi connectivity index (χ3v) is 14.2. The summed E-state index contributed by atoms with van der Waals surface area (Å²) in [4.78, 5) is 16.2. The van der Waals surface area contributed by atoms with Crippen molar-refractivity contribution in [3.8, 4) is 45.8 Å². The van der Waals surface area contributed by atoms with Crippen molar-refractivity contribution in [2.75, 3.05) is 0 Å². The lowest BCUT2D eigenvalue weighted by Gasteiger charge is -2.14. The maximum Gasteiger partial charge on any atom is 0.238 e. The highest BCUT2D eigenvalue weighted by Gasteiger charge is 2.25. The molecule has 5 heterocycles. The number of hydrogen-bond donors (Lipinski definition) is 0. The molecule has 7 heteroatoms. The van der Waals surface area contributed by atoms with Gasteiger partial charge < -0.3 is 13.7 Å². The lowest BCUT2D eigenvalue weighted by Crippen LogP contribution is -2.07. The molecule has 0 N–H and O–H groups in total. The van der Waals surface area contributed by atoms with Crippen LogP contribution in [0.4, 0.5) is 0 Å². The van der Waals surface area contributed by atoms with E-state index in [1.165, 1.54) is 32.6 Å². The minimum atomic E-state index is 0.542. The summed E-state index contributed by atoms with van der Waals surface area (Å²) < 4.78 is 9.44. The summed E-state index contributed by atoms with van der Waals surface area (Å²) >= 11 is 0. The van der Waals surface area contributed by atoms with Crippen molar-refractivity contribution in [2.24, 2.45) is 0 Å². The summed E-state index contributed by atoms with van der Waals surface area (Å²) in [7, 11) is 0. The van der Waals surface area contributed by atoms with Crippen LogP contribution in [0.1, 0.15) is 0 Å². The van der Waals surface area contributed by atoms with E-state index in [0.29, 0.717) is 17.6 Å². The monoisotopic (exact) mass is 893 g/mol. The van der Waals surface area contributed by atoms with E-state index in [9.17, 15) is 0 Å². The Kier molecular flexibility index (Phi) is 8.23. The molecule has 0 saturated heterocycles. The molecule has 0 saturated carbocycles. The Morgan fingerprint density at radius 3 is 1.20 bits per heavy atom. The Bertz CT molecular complexity index is 4490.